The molecule has 0 aliphatic rings. The van der Waals surface area contributed by atoms with Gasteiger partial charge in [0.25, 0.3) is 0 Å². The van der Waals surface area contributed by atoms with Crippen LogP contribution in [-0.2, 0) is 30.4 Å². The number of carbonyl (C=O) groups excluding carboxylic acids is 4. The van der Waals surface area contributed by atoms with Gasteiger partial charge < -0.3 is 60.8 Å². The van der Waals surface area contributed by atoms with Gasteiger partial charge in [0.2, 0.25) is 23.6 Å². The fraction of sp³-hybridized carbons (Fsp3) is 0.567. The van der Waals surface area contributed by atoms with Crippen molar-refractivity contribution in [3.63, 3.8) is 0 Å². The van der Waals surface area contributed by atoms with Crippen LogP contribution in [0.25, 0.3) is 0 Å². The number of guanidine groups is 2. The van der Waals surface area contributed by atoms with Crippen molar-refractivity contribution in [2.24, 2.45) is 44.4 Å². The summed E-state index contributed by atoms with van der Waals surface area (Å²) >= 11 is 4.22. The molecule has 18 nitrogen and oxygen atoms in total. The van der Waals surface area contributed by atoms with Crippen LogP contribution in [-0.4, -0.2) is 102 Å². The van der Waals surface area contributed by atoms with E-state index in [1.54, 1.807) is 0 Å². The maximum Gasteiger partial charge on any atom is 0.326 e. The summed E-state index contributed by atoms with van der Waals surface area (Å²) in [6.45, 7) is 0.659. The van der Waals surface area contributed by atoms with E-state index in [9.17, 15) is 29.1 Å². The third-order valence-electron chi connectivity index (χ3n) is 7.17. The smallest absolute Gasteiger partial charge is 0.326 e. The Bertz CT molecular complexity index is 1260. The average molecular weight is 709 g/mol. The first kappa shape index (κ1) is 42.4. The molecule has 274 valence electrons. The van der Waals surface area contributed by atoms with E-state index in [-0.39, 0.29) is 69.3 Å². The maximum absolute atomic E-state index is 13.4. The number of hydrogen-bond donors (Lipinski definition) is 12. The Kier molecular flexibility index (Phi) is 20.5. The van der Waals surface area contributed by atoms with Crippen molar-refractivity contribution in [1.82, 2.24) is 21.3 Å². The number of carboxylic acid groups (broad SMARTS) is 1. The van der Waals surface area contributed by atoms with Gasteiger partial charge in [-0.25, -0.2) is 4.79 Å². The normalized spacial score (nSPS) is 13.8. The number of aliphatic carboxylic acids is 1. The Morgan fingerprint density at radius 3 is 1.61 bits per heavy atom. The second kappa shape index (κ2) is 23.7. The third-order valence-corrected chi connectivity index (χ3v) is 7.53. The largest absolute Gasteiger partial charge is 0.480 e. The van der Waals surface area contributed by atoms with Crippen LogP contribution in [0.15, 0.2) is 40.3 Å². The third kappa shape index (κ3) is 17.9. The lowest BCUT2D eigenvalue weighted by molar-refractivity contribution is -0.142. The predicted octanol–water partition coefficient (Wildman–Crippen LogP) is -3.25. The monoisotopic (exact) mass is 708 g/mol. The number of aliphatic imine (C=N–C) groups is 2. The van der Waals surface area contributed by atoms with Gasteiger partial charge in [-0.2, -0.15) is 12.6 Å². The molecule has 0 bridgehead atoms. The molecule has 5 atom stereocenters. The molecule has 1 aromatic rings. The van der Waals surface area contributed by atoms with Crippen molar-refractivity contribution >= 4 is 54.1 Å². The predicted molar refractivity (Wildman–Crippen MR) is 190 cm³/mol. The molecular weight excluding hydrogens is 656 g/mol. The SMILES string of the molecule is NCCCCC(NC(=O)C(N)Cc1ccccc1)C(=O)NC(CS)C(=O)NC(CCCN=C(N)N)C(=O)NC(CCCN=C(N)N)C(=O)O. The Labute approximate surface area is 291 Å². The second-order valence-electron chi connectivity index (χ2n) is 11.2. The summed E-state index contributed by atoms with van der Waals surface area (Å²) in [6.07, 6.45) is 2.11. The van der Waals surface area contributed by atoms with Crippen LogP contribution in [0.4, 0.5) is 0 Å². The molecule has 0 aliphatic heterocycles. The number of hydrogen-bond acceptors (Lipinski definition) is 10. The minimum absolute atomic E-state index is 0.00805. The zero-order chi connectivity index (χ0) is 36.8. The number of carboxylic acids is 1. The van der Waals surface area contributed by atoms with Crippen molar-refractivity contribution in [2.45, 2.75) is 81.6 Å². The molecule has 0 radical (unpaired) electrons. The topological polar surface area (TPSA) is 335 Å². The van der Waals surface area contributed by atoms with Crippen LogP contribution >= 0.6 is 12.6 Å². The van der Waals surface area contributed by atoms with E-state index in [0.717, 1.165) is 5.56 Å². The molecule has 5 unspecified atom stereocenters. The van der Waals surface area contributed by atoms with Crippen LogP contribution in [0, 0.1) is 0 Å². The zero-order valence-corrected chi connectivity index (χ0v) is 28.4. The Morgan fingerprint density at radius 1 is 0.673 bits per heavy atom. The van der Waals surface area contributed by atoms with Crippen LogP contribution in [0.3, 0.4) is 0 Å². The quantitative estimate of drug-likeness (QED) is 0.0218. The van der Waals surface area contributed by atoms with E-state index in [2.05, 4.69) is 43.9 Å². The second-order valence-corrected chi connectivity index (χ2v) is 11.6. The van der Waals surface area contributed by atoms with Crippen molar-refractivity contribution in [2.75, 3.05) is 25.4 Å². The molecule has 17 N–H and O–H groups in total. The number of nitrogens with one attached hydrogen (secondary N) is 4. The van der Waals surface area contributed by atoms with Gasteiger partial charge in [-0.1, -0.05) is 30.3 Å². The first-order valence-corrected chi connectivity index (χ1v) is 16.6. The standard InChI is InChI=1S/C30H52N12O6S/c31-13-5-4-10-20(39-24(43)19(32)16-18-8-2-1-3-9-18)26(45)42-23(17-49)27(46)40-21(11-6-14-37-29(33)34)25(44)41-22(28(47)48)12-7-15-38-30(35)36/h1-3,8-9,19-23,49H,4-7,10-17,31-32H2,(H,39,43)(H,40,46)(H,41,44)(H,42,45)(H,47,48)(H4,33,34,37)(H4,35,36,38). The van der Waals surface area contributed by atoms with Gasteiger partial charge in [0, 0.05) is 18.8 Å². The lowest BCUT2D eigenvalue weighted by Gasteiger charge is -2.26. The van der Waals surface area contributed by atoms with Crippen molar-refractivity contribution in [1.29, 1.82) is 0 Å². The summed E-state index contributed by atoms with van der Waals surface area (Å²) < 4.78 is 0. The highest BCUT2D eigenvalue weighted by atomic mass is 32.1. The molecule has 4 amide bonds. The molecule has 0 heterocycles. The fourth-order valence-electron chi connectivity index (χ4n) is 4.55. The average Bonchev–Trinajstić information content (AvgIpc) is 3.05. The number of unbranched alkanes of at least 4 members (excludes halogenated alkanes) is 1. The van der Waals surface area contributed by atoms with Gasteiger partial charge in [0.05, 0.1) is 6.04 Å². The maximum atomic E-state index is 13.4. The molecule has 0 aliphatic carbocycles. The molecule has 0 saturated heterocycles. The van der Waals surface area contributed by atoms with Gasteiger partial charge in [-0.3, -0.25) is 29.2 Å². The highest BCUT2D eigenvalue weighted by molar-refractivity contribution is 7.80. The molecule has 49 heavy (non-hydrogen) atoms. The summed E-state index contributed by atoms with van der Waals surface area (Å²) in [4.78, 5) is 72.5. The first-order chi connectivity index (χ1) is 23.3. The molecule has 0 aromatic heterocycles. The number of thiol groups is 1. The Hall–Kier alpha value is -4.62. The molecular formula is C30H52N12O6S. The highest BCUT2D eigenvalue weighted by Crippen LogP contribution is 2.07. The number of rotatable bonds is 24. The van der Waals surface area contributed by atoms with Crippen LogP contribution < -0.4 is 55.7 Å². The van der Waals surface area contributed by atoms with Gasteiger partial charge >= 0.3 is 5.97 Å². The van der Waals surface area contributed by atoms with Gasteiger partial charge in [-0.15, -0.1) is 0 Å². The number of carbonyl (C=O) groups is 5. The Balaban J connectivity index is 3.04. The molecule has 0 saturated carbocycles. The molecule has 0 fully saturated rings. The summed E-state index contributed by atoms with van der Waals surface area (Å²) in [5, 5.41) is 19.9. The number of benzene rings is 1. The highest BCUT2D eigenvalue weighted by Gasteiger charge is 2.31. The molecule has 19 heteroatoms. The number of amides is 4. The van der Waals surface area contributed by atoms with Crippen LogP contribution in [0.2, 0.25) is 0 Å². The van der Waals surface area contributed by atoms with Crippen molar-refractivity contribution < 1.29 is 29.1 Å². The van der Waals surface area contributed by atoms with E-state index >= 15 is 0 Å². The molecule has 0 spiro atoms. The lowest BCUT2D eigenvalue weighted by Crippen LogP contribution is -2.59. The van der Waals surface area contributed by atoms with Crippen LogP contribution in [0.5, 0.6) is 0 Å². The molecule has 1 aromatic carbocycles. The van der Waals surface area contributed by atoms with Crippen LogP contribution in [0.1, 0.15) is 50.5 Å². The van der Waals surface area contributed by atoms with Gasteiger partial charge in [0.1, 0.15) is 24.2 Å². The molecule has 1 rings (SSSR count). The lowest BCUT2D eigenvalue weighted by atomic mass is 10.0. The van der Waals surface area contributed by atoms with E-state index < -0.39 is 59.8 Å². The fourth-order valence-corrected chi connectivity index (χ4v) is 4.80. The van der Waals surface area contributed by atoms with Gasteiger partial charge in [0.15, 0.2) is 11.9 Å². The summed E-state index contributed by atoms with van der Waals surface area (Å²) in [5.41, 5.74) is 33.9. The van der Waals surface area contributed by atoms with E-state index in [1.165, 1.54) is 0 Å². The van der Waals surface area contributed by atoms with E-state index in [1.807, 2.05) is 30.3 Å². The van der Waals surface area contributed by atoms with Crippen molar-refractivity contribution in [3.8, 4) is 0 Å². The minimum atomic E-state index is -1.30. The number of nitrogens with zero attached hydrogens (tertiary/aromatic N) is 2. The Morgan fingerprint density at radius 2 is 1.12 bits per heavy atom. The first-order valence-electron chi connectivity index (χ1n) is 15.9. The van der Waals surface area contributed by atoms with E-state index in [4.69, 9.17) is 34.4 Å². The van der Waals surface area contributed by atoms with Gasteiger partial charge in [-0.05, 0) is 63.5 Å². The zero-order valence-electron chi connectivity index (χ0n) is 27.6. The summed E-state index contributed by atoms with van der Waals surface area (Å²) in [6, 6.07) is 3.43. The summed E-state index contributed by atoms with van der Waals surface area (Å²) in [7, 11) is 0. The van der Waals surface area contributed by atoms with E-state index in [0.29, 0.717) is 19.4 Å². The minimum Gasteiger partial charge on any atom is -0.480 e. The van der Waals surface area contributed by atoms with Crippen molar-refractivity contribution in [3.05, 3.63) is 35.9 Å². The number of nitrogens with two attached hydrogens (primary N) is 6. The summed E-state index contributed by atoms with van der Waals surface area (Å²) in [5.74, 6) is -4.53.